The van der Waals surface area contributed by atoms with Crippen LogP contribution >= 0.6 is 0 Å². The van der Waals surface area contributed by atoms with Gasteiger partial charge in [0.05, 0.1) is 0 Å². The Balaban J connectivity index is 5.13. The SMILES string of the molecule is C=C/C(=C\C=C/C)C(F)(F)C(O)(F)F. The zero-order chi connectivity index (χ0) is 11.4. The van der Waals surface area contributed by atoms with E-state index in [2.05, 4.69) is 6.58 Å². The van der Waals surface area contributed by atoms with Crippen molar-refractivity contribution in [2.75, 3.05) is 0 Å². The van der Waals surface area contributed by atoms with Crippen molar-refractivity contribution in [1.82, 2.24) is 0 Å². The van der Waals surface area contributed by atoms with Crippen molar-refractivity contribution in [3.63, 3.8) is 0 Å². The molecule has 0 aromatic rings. The van der Waals surface area contributed by atoms with Gasteiger partial charge in [0.1, 0.15) is 0 Å². The second kappa shape index (κ2) is 4.41. The zero-order valence-electron chi connectivity index (χ0n) is 7.48. The lowest BCUT2D eigenvalue weighted by molar-refractivity contribution is -0.309. The molecule has 14 heavy (non-hydrogen) atoms. The first-order valence-corrected chi connectivity index (χ1v) is 3.71. The molecule has 0 aromatic heterocycles. The number of rotatable bonds is 4. The molecule has 0 saturated heterocycles. The molecule has 0 unspecified atom stereocenters. The van der Waals surface area contributed by atoms with Crippen molar-refractivity contribution in [3.8, 4) is 0 Å². The van der Waals surface area contributed by atoms with E-state index in [9.17, 15) is 17.6 Å². The standard InChI is InChI=1S/C9H10F4O/c1-3-5-6-7(4-2)8(10,11)9(12,13)14/h3-6,14H,2H2,1H3/b5-3-,7-6+. The number of allylic oxidation sites excluding steroid dienone is 4. The van der Waals surface area contributed by atoms with Crippen LogP contribution in [0.1, 0.15) is 6.92 Å². The molecule has 0 radical (unpaired) electrons. The number of aliphatic hydroxyl groups is 1. The van der Waals surface area contributed by atoms with E-state index in [1.165, 1.54) is 13.0 Å². The van der Waals surface area contributed by atoms with E-state index in [4.69, 9.17) is 5.11 Å². The van der Waals surface area contributed by atoms with E-state index in [1.54, 1.807) is 0 Å². The van der Waals surface area contributed by atoms with E-state index in [-0.39, 0.29) is 0 Å². The third-order valence-corrected chi connectivity index (χ3v) is 1.43. The van der Waals surface area contributed by atoms with E-state index >= 15 is 0 Å². The van der Waals surface area contributed by atoms with Crippen LogP contribution in [0.15, 0.2) is 36.5 Å². The highest BCUT2D eigenvalue weighted by atomic mass is 19.3. The summed E-state index contributed by atoms with van der Waals surface area (Å²) in [6.45, 7) is 4.50. The van der Waals surface area contributed by atoms with Crippen molar-refractivity contribution in [3.05, 3.63) is 36.5 Å². The van der Waals surface area contributed by atoms with Crippen molar-refractivity contribution in [2.24, 2.45) is 0 Å². The Bertz CT molecular complexity index is 260. The van der Waals surface area contributed by atoms with Gasteiger partial charge in [-0.15, -0.1) is 0 Å². The maximum Gasteiger partial charge on any atom is 0.421 e. The molecule has 0 aromatic carbocycles. The fraction of sp³-hybridized carbons (Fsp3) is 0.333. The molecule has 0 aliphatic rings. The van der Waals surface area contributed by atoms with Crippen LogP contribution in [0.25, 0.3) is 0 Å². The van der Waals surface area contributed by atoms with Crippen LogP contribution in [0.3, 0.4) is 0 Å². The molecule has 0 aliphatic heterocycles. The molecule has 0 spiro atoms. The molecular weight excluding hydrogens is 200 g/mol. The van der Waals surface area contributed by atoms with Crippen molar-refractivity contribution < 1.29 is 22.7 Å². The highest BCUT2D eigenvalue weighted by Crippen LogP contribution is 2.38. The predicted molar refractivity (Wildman–Crippen MR) is 45.2 cm³/mol. The van der Waals surface area contributed by atoms with Crippen LogP contribution in [-0.2, 0) is 0 Å². The number of hydrogen-bond donors (Lipinski definition) is 1. The molecule has 1 N–H and O–H groups in total. The molecular formula is C9H10F4O. The summed E-state index contributed by atoms with van der Waals surface area (Å²) in [6, 6.07) is 0. The number of alkyl halides is 4. The summed E-state index contributed by atoms with van der Waals surface area (Å²) in [5.74, 6) is -4.63. The Hall–Kier alpha value is -1.10. The summed E-state index contributed by atoms with van der Waals surface area (Å²) in [7, 11) is 0. The van der Waals surface area contributed by atoms with Crippen LogP contribution in [0.5, 0.6) is 0 Å². The Kier molecular flexibility index (Phi) is 4.07. The van der Waals surface area contributed by atoms with Gasteiger partial charge in [-0.2, -0.15) is 17.6 Å². The average Bonchev–Trinajstić information content (AvgIpc) is 2.03. The first-order valence-electron chi connectivity index (χ1n) is 3.71. The normalized spacial score (nSPS) is 14.9. The lowest BCUT2D eigenvalue weighted by Gasteiger charge is -2.22. The molecule has 0 atom stereocenters. The first kappa shape index (κ1) is 12.9. The fourth-order valence-electron chi connectivity index (χ4n) is 0.674. The molecule has 1 nitrogen and oxygen atoms in total. The van der Waals surface area contributed by atoms with Gasteiger partial charge in [-0.1, -0.05) is 30.9 Å². The van der Waals surface area contributed by atoms with Gasteiger partial charge in [0, 0.05) is 5.57 Å². The molecule has 0 amide bonds. The van der Waals surface area contributed by atoms with Gasteiger partial charge in [0.15, 0.2) is 0 Å². The fourth-order valence-corrected chi connectivity index (χ4v) is 0.674. The largest absolute Gasteiger partial charge is 0.421 e. The first-order chi connectivity index (χ1) is 6.27. The Morgan fingerprint density at radius 1 is 1.29 bits per heavy atom. The molecule has 0 rings (SSSR count). The number of hydrogen-bond acceptors (Lipinski definition) is 1. The van der Waals surface area contributed by atoms with Crippen LogP contribution in [-0.4, -0.2) is 17.1 Å². The predicted octanol–water partition coefficient (Wildman–Crippen LogP) is 2.90. The van der Waals surface area contributed by atoms with E-state index in [1.807, 2.05) is 0 Å². The van der Waals surface area contributed by atoms with Gasteiger partial charge in [-0.05, 0) is 6.92 Å². The van der Waals surface area contributed by atoms with Crippen LogP contribution in [0.2, 0.25) is 0 Å². The second-order valence-electron chi connectivity index (χ2n) is 2.47. The molecule has 0 heterocycles. The molecule has 0 bridgehead atoms. The summed E-state index contributed by atoms with van der Waals surface area (Å²) < 4.78 is 49.6. The monoisotopic (exact) mass is 210 g/mol. The van der Waals surface area contributed by atoms with Crippen molar-refractivity contribution >= 4 is 0 Å². The van der Waals surface area contributed by atoms with Crippen LogP contribution in [0.4, 0.5) is 17.6 Å². The van der Waals surface area contributed by atoms with E-state index in [0.717, 1.165) is 12.2 Å². The van der Waals surface area contributed by atoms with Gasteiger partial charge in [-0.25, -0.2) is 0 Å². The number of halogens is 4. The maximum absolute atomic E-state index is 12.7. The summed E-state index contributed by atoms with van der Waals surface area (Å²) in [5.41, 5.74) is -1.04. The Morgan fingerprint density at radius 3 is 2.07 bits per heavy atom. The van der Waals surface area contributed by atoms with E-state index in [0.29, 0.717) is 6.08 Å². The zero-order valence-corrected chi connectivity index (χ0v) is 7.48. The highest BCUT2D eigenvalue weighted by Gasteiger charge is 2.56. The summed E-state index contributed by atoms with van der Waals surface area (Å²) in [5, 5.41) is 7.95. The minimum absolute atomic E-state index is 0.574. The van der Waals surface area contributed by atoms with Gasteiger partial charge >= 0.3 is 12.0 Å². The quantitative estimate of drug-likeness (QED) is 0.558. The van der Waals surface area contributed by atoms with Gasteiger partial charge in [0.2, 0.25) is 0 Å². The van der Waals surface area contributed by atoms with Crippen LogP contribution in [0, 0.1) is 0 Å². The van der Waals surface area contributed by atoms with Gasteiger partial charge in [-0.3, -0.25) is 0 Å². The smallest absolute Gasteiger partial charge is 0.331 e. The summed E-state index contributed by atoms with van der Waals surface area (Å²) in [4.78, 5) is 0. The lowest BCUT2D eigenvalue weighted by Crippen LogP contribution is -2.41. The van der Waals surface area contributed by atoms with Crippen molar-refractivity contribution in [2.45, 2.75) is 19.0 Å². The molecule has 0 saturated carbocycles. The Morgan fingerprint density at radius 2 is 1.79 bits per heavy atom. The molecule has 5 heteroatoms. The van der Waals surface area contributed by atoms with Gasteiger partial charge in [0.25, 0.3) is 0 Å². The Labute approximate surface area is 79.0 Å². The third-order valence-electron chi connectivity index (χ3n) is 1.43. The minimum atomic E-state index is -5.09. The lowest BCUT2D eigenvalue weighted by atomic mass is 10.1. The third kappa shape index (κ3) is 2.70. The van der Waals surface area contributed by atoms with Crippen LogP contribution < -0.4 is 0 Å². The minimum Gasteiger partial charge on any atom is -0.331 e. The topological polar surface area (TPSA) is 20.2 Å². The summed E-state index contributed by atoms with van der Waals surface area (Å²) >= 11 is 0. The van der Waals surface area contributed by atoms with Gasteiger partial charge < -0.3 is 5.11 Å². The maximum atomic E-state index is 12.7. The molecule has 0 aliphatic carbocycles. The van der Waals surface area contributed by atoms with E-state index < -0.39 is 17.6 Å². The van der Waals surface area contributed by atoms with Crippen molar-refractivity contribution in [1.29, 1.82) is 0 Å². The summed E-state index contributed by atoms with van der Waals surface area (Å²) in [6.07, 6.45) is -1.22. The highest BCUT2D eigenvalue weighted by molar-refractivity contribution is 5.30. The average molecular weight is 210 g/mol. The molecule has 0 fully saturated rings. The molecule has 80 valence electrons. The second-order valence-corrected chi connectivity index (χ2v) is 2.47.